The molecule has 0 unspecified atom stereocenters. The molecule has 0 aliphatic carbocycles. The minimum atomic E-state index is -0.221. The van der Waals surface area contributed by atoms with Crippen LogP contribution in [-0.4, -0.2) is 6.54 Å². The lowest BCUT2D eigenvalue weighted by molar-refractivity contribution is 0.628. The van der Waals surface area contributed by atoms with E-state index in [-0.39, 0.29) is 5.82 Å². The molecule has 0 saturated carbocycles. The molecule has 0 spiro atoms. The second kappa shape index (κ2) is 4.79. The average Bonchev–Trinajstić information content (AvgIpc) is 2.34. The lowest BCUT2D eigenvalue weighted by Crippen LogP contribution is -2.15. The number of halogens is 1. The zero-order chi connectivity index (χ0) is 11.4. The van der Waals surface area contributed by atoms with E-state index >= 15 is 0 Å². The molecular weight excluding hydrogens is 201 g/mol. The van der Waals surface area contributed by atoms with Gasteiger partial charge < -0.3 is 4.90 Å². The highest BCUT2D eigenvalue weighted by Gasteiger charge is 2.05. The zero-order valence-electron chi connectivity index (χ0n) is 8.94. The minimum Gasteiger partial charge on any atom is -0.341 e. The first-order chi connectivity index (χ1) is 7.81. The molecule has 0 N–H and O–H groups in total. The Morgan fingerprint density at radius 1 is 0.875 bits per heavy atom. The van der Waals surface area contributed by atoms with Crippen molar-refractivity contribution in [2.45, 2.75) is 0 Å². The standard InChI is InChI=1S/C14H13FN/c1-2-16(13-6-4-3-5-7-13)14-10-8-12(15)9-11-14/h3-11H,1-2H2. The summed E-state index contributed by atoms with van der Waals surface area (Å²) in [4.78, 5) is 2.03. The topological polar surface area (TPSA) is 3.24 Å². The summed E-state index contributed by atoms with van der Waals surface area (Å²) in [6, 6.07) is 16.4. The molecule has 2 rings (SSSR count). The molecule has 2 heteroatoms. The van der Waals surface area contributed by atoms with Crippen LogP contribution >= 0.6 is 0 Å². The number of hydrogen-bond donors (Lipinski definition) is 0. The Morgan fingerprint density at radius 2 is 1.44 bits per heavy atom. The van der Waals surface area contributed by atoms with E-state index in [4.69, 9.17) is 0 Å². The molecule has 1 radical (unpaired) electrons. The van der Waals surface area contributed by atoms with Gasteiger partial charge in [0.2, 0.25) is 0 Å². The van der Waals surface area contributed by atoms with E-state index in [9.17, 15) is 4.39 Å². The third-order valence-electron chi connectivity index (χ3n) is 2.43. The summed E-state index contributed by atoms with van der Waals surface area (Å²) >= 11 is 0. The van der Waals surface area contributed by atoms with E-state index in [1.54, 1.807) is 12.1 Å². The number of rotatable bonds is 3. The third-order valence-corrected chi connectivity index (χ3v) is 2.43. The van der Waals surface area contributed by atoms with Crippen molar-refractivity contribution in [3.8, 4) is 0 Å². The summed E-state index contributed by atoms with van der Waals surface area (Å²) in [6.45, 7) is 4.50. The van der Waals surface area contributed by atoms with Crippen LogP contribution < -0.4 is 4.90 Å². The summed E-state index contributed by atoms with van der Waals surface area (Å²) in [5.41, 5.74) is 2.01. The molecule has 0 amide bonds. The van der Waals surface area contributed by atoms with Gasteiger partial charge in [-0.1, -0.05) is 18.2 Å². The molecule has 81 valence electrons. The summed E-state index contributed by atoms with van der Waals surface area (Å²) in [5.74, 6) is -0.221. The van der Waals surface area contributed by atoms with Crippen molar-refractivity contribution < 1.29 is 4.39 Å². The third kappa shape index (κ3) is 2.22. The second-order valence-corrected chi connectivity index (χ2v) is 3.46. The quantitative estimate of drug-likeness (QED) is 0.751. The molecule has 16 heavy (non-hydrogen) atoms. The molecule has 0 atom stereocenters. The van der Waals surface area contributed by atoms with Crippen LogP contribution in [0, 0.1) is 12.7 Å². The van der Waals surface area contributed by atoms with Crippen molar-refractivity contribution in [3.63, 3.8) is 0 Å². The Balaban J connectivity index is 2.33. The van der Waals surface area contributed by atoms with Crippen molar-refractivity contribution in [2.24, 2.45) is 0 Å². The van der Waals surface area contributed by atoms with Gasteiger partial charge in [0.25, 0.3) is 0 Å². The maximum Gasteiger partial charge on any atom is 0.123 e. The highest BCUT2D eigenvalue weighted by molar-refractivity contribution is 5.63. The first-order valence-electron chi connectivity index (χ1n) is 5.18. The predicted octanol–water partition coefficient (Wildman–Crippen LogP) is 3.80. The van der Waals surface area contributed by atoms with Crippen molar-refractivity contribution in [3.05, 3.63) is 67.3 Å². The van der Waals surface area contributed by atoms with Crippen molar-refractivity contribution in [2.75, 3.05) is 11.4 Å². The Bertz CT molecular complexity index is 436. The van der Waals surface area contributed by atoms with Crippen molar-refractivity contribution >= 4 is 11.4 Å². The zero-order valence-corrected chi connectivity index (χ0v) is 8.94. The first-order valence-corrected chi connectivity index (χ1v) is 5.18. The molecule has 1 nitrogen and oxygen atoms in total. The number of hydrogen-bond acceptors (Lipinski definition) is 1. The van der Waals surface area contributed by atoms with Crippen LogP contribution in [-0.2, 0) is 0 Å². The molecule has 0 heterocycles. The molecule has 0 saturated heterocycles. The normalized spacial score (nSPS) is 10.1. The minimum absolute atomic E-state index is 0.221. The summed E-state index contributed by atoms with van der Waals surface area (Å²) in [5, 5.41) is 0. The van der Waals surface area contributed by atoms with Gasteiger partial charge in [-0.05, 0) is 43.3 Å². The highest BCUT2D eigenvalue weighted by Crippen LogP contribution is 2.24. The molecular formula is C14H13FN. The van der Waals surface area contributed by atoms with Gasteiger partial charge in [-0.3, -0.25) is 0 Å². The Kier molecular flexibility index (Phi) is 3.20. The highest BCUT2D eigenvalue weighted by atomic mass is 19.1. The van der Waals surface area contributed by atoms with Crippen molar-refractivity contribution in [1.82, 2.24) is 0 Å². The molecule has 0 fully saturated rings. The first kappa shape index (κ1) is 10.7. The van der Waals surface area contributed by atoms with Crippen LogP contribution in [0.2, 0.25) is 0 Å². The molecule has 0 bridgehead atoms. The lowest BCUT2D eigenvalue weighted by Gasteiger charge is -2.23. The lowest BCUT2D eigenvalue weighted by atomic mass is 10.2. The molecule has 2 aromatic rings. The Hall–Kier alpha value is -1.83. The van der Waals surface area contributed by atoms with Gasteiger partial charge in [0.1, 0.15) is 5.82 Å². The fourth-order valence-electron chi connectivity index (χ4n) is 1.64. The fourth-order valence-corrected chi connectivity index (χ4v) is 1.64. The van der Waals surface area contributed by atoms with Crippen LogP contribution in [0.3, 0.4) is 0 Å². The van der Waals surface area contributed by atoms with E-state index in [0.717, 1.165) is 11.4 Å². The van der Waals surface area contributed by atoms with Crippen LogP contribution in [0.1, 0.15) is 0 Å². The van der Waals surface area contributed by atoms with Crippen LogP contribution in [0.25, 0.3) is 0 Å². The average molecular weight is 214 g/mol. The smallest absolute Gasteiger partial charge is 0.123 e. The van der Waals surface area contributed by atoms with Crippen molar-refractivity contribution in [1.29, 1.82) is 0 Å². The van der Waals surface area contributed by atoms with Crippen LogP contribution in [0.5, 0.6) is 0 Å². The number of anilines is 2. The Morgan fingerprint density at radius 3 is 2.00 bits per heavy atom. The predicted molar refractivity (Wildman–Crippen MR) is 65.2 cm³/mol. The number of para-hydroxylation sites is 1. The van der Waals surface area contributed by atoms with E-state index in [2.05, 4.69) is 6.92 Å². The maximum atomic E-state index is 12.8. The van der Waals surface area contributed by atoms with Gasteiger partial charge in [-0.15, -0.1) is 0 Å². The monoisotopic (exact) mass is 214 g/mol. The van der Waals surface area contributed by atoms with E-state index in [1.807, 2.05) is 35.2 Å². The Labute approximate surface area is 95.1 Å². The summed E-state index contributed by atoms with van der Waals surface area (Å²) < 4.78 is 12.8. The van der Waals surface area contributed by atoms with Gasteiger partial charge >= 0.3 is 0 Å². The van der Waals surface area contributed by atoms with Gasteiger partial charge in [-0.25, -0.2) is 4.39 Å². The summed E-state index contributed by atoms with van der Waals surface area (Å²) in [6.07, 6.45) is 0. The molecule has 0 aliphatic rings. The second-order valence-electron chi connectivity index (χ2n) is 3.46. The SMILES string of the molecule is [CH2]CN(c1ccccc1)c1ccc(F)cc1. The van der Waals surface area contributed by atoms with E-state index in [0.29, 0.717) is 6.54 Å². The molecule has 2 aromatic carbocycles. The van der Waals surface area contributed by atoms with E-state index in [1.165, 1.54) is 12.1 Å². The largest absolute Gasteiger partial charge is 0.341 e. The van der Waals surface area contributed by atoms with Crippen LogP contribution in [0.4, 0.5) is 15.8 Å². The maximum absolute atomic E-state index is 12.8. The van der Waals surface area contributed by atoms with Gasteiger partial charge in [-0.2, -0.15) is 0 Å². The van der Waals surface area contributed by atoms with Crippen LogP contribution in [0.15, 0.2) is 54.6 Å². The van der Waals surface area contributed by atoms with Gasteiger partial charge in [0.15, 0.2) is 0 Å². The molecule has 0 aromatic heterocycles. The summed E-state index contributed by atoms with van der Waals surface area (Å²) in [7, 11) is 0. The fraction of sp³-hybridized carbons (Fsp3) is 0.0714. The van der Waals surface area contributed by atoms with Gasteiger partial charge in [0, 0.05) is 17.9 Å². The molecule has 0 aliphatic heterocycles. The van der Waals surface area contributed by atoms with E-state index < -0.39 is 0 Å². The van der Waals surface area contributed by atoms with Gasteiger partial charge in [0.05, 0.1) is 0 Å². The number of nitrogens with zero attached hydrogens (tertiary/aromatic N) is 1. The number of benzene rings is 2.